The van der Waals surface area contributed by atoms with E-state index in [-0.39, 0.29) is 0 Å². The van der Waals surface area contributed by atoms with Crippen molar-refractivity contribution < 1.29 is 9.42 Å². The van der Waals surface area contributed by atoms with E-state index >= 15 is 0 Å². The Morgan fingerprint density at radius 1 is 1.27 bits per heavy atom. The van der Waals surface area contributed by atoms with Crippen LogP contribution in [0.5, 0.6) is 5.75 Å². The molecule has 0 radical (unpaired) electrons. The third-order valence-corrected chi connectivity index (χ3v) is 3.12. The second-order valence-electron chi connectivity index (χ2n) is 4.89. The molecule has 22 heavy (non-hydrogen) atoms. The van der Waals surface area contributed by atoms with Crippen LogP contribution in [0.15, 0.2) is 42.7 Å². The van der Waals surface area contributed by atoms with Crippen molar-refractivity contribution in [3.8, 4) is 5.75 Å². The van der Waals surface area contributed by atoms with Crippen molar-refractivity contribution in [2.75, 3.05) is 5.73 Å². The van der Waals surface area contributed by atoms with Gasteiger partial charge in [0, 0.05) is 11.3 Å². The van der Waals surface area contributed by atoms with Gasteiger partial charge in [0.05, 0.1) is 5.56 Å². The van der Waals surface area contributed by atoms with Gasteiger partial charge in [-0.25, -0.2) is 9.97 Å². The van der Waals surface area contributed by atoms with Crippen molar-refractivity contribution in [1.29, 1.82) is 0 Å². The van der Waals surface area contributed by atoms with Gasteiger partial charge in [-0.05, 0) is 19.1 Å². The Morgan fingerprint density at radius 2 is 2.09 bits per heavy atom. The highest BCUT2D eigenvalue weighted by atomic mass is 16.5. The van der Waals surface area contributed by atoms with Crippen LogP contribution >= 0.6 is 0 Å². The lowest BCUT2D eigenvalue weighted by atomic mass is 10.3. The van der Waals surface area contributed by atoms with Gasteiger partial charge in [0.15, 0.2) is 12.8 Å². The number of para-hydroxylation sites is 1. The molecule has 0 aliphatic rings. The van der Waals surface area contributed by atoms with E-state index in [1.807, 2.05) is 48.1 Å². The van der Waals surface area contributed by atoms with Crippen LogP contribution in [0.25, 0.3) is 0 Å². The van der Waals surface area contributed by atoms with Gasteiger partial charge in [-0.3, -0.25) is 0 Å². The van der Waals surface area contributed by atoms with E-state index in [0.717, 1.165) is 17.0 Å². The van der Waals surface area contributed by atoms with Crippen LogP contribution in [-0.4, -0.2) is 20.3 Å². The second-order valence-corrected chi connectivity index (χ2v) is 4.89. The Balaban J connectivity index is 1.63. The van der Waals surface area contributed by atoms with Crippen molar-refractivity contribution in [2.45, 2.75) is 20.1 Å². The maximum atomic E-state index is 5.89. The Labute approximate surface area is 127 Å². The van der Waals surface area contributed by atoms with Gasteiger partial charge in [0.25, 0.3) is 5.69 Å². The molecule has 3 aromatic rings. The summed E-state index contributed by atoms with van der Waals surface area (Å²) in [6.45, 7) is 2.74. The zero-order valence-electron chi connectivity index (χ0n) is 12.2. The highest BCUT2D eigenvalue weighted by Gasteiger charge is 2.12. The van der Waals surface area contributed by atoms with Gasteiger partial charge < -0.3 is 10.5 Å². The van der Waals surface area contributed by atoms with Gasteiger partial charge in [0.1, 0.15) is 23.9 Å². The van der Waals surface area contributed by atoms with Crippen molar-refractivity contribution in [3.05, 3.63) is 59.8 Å². The minimum atomic E-state index is 0.396. The summed E-state index contributed by atoms with van der Waals surface area (Å²) in [4.78, 5) is 8.30. The Morgan fingerprint density at radius 3 is 2.86 bits per heavy atom. The van der Waals surface area contributed by atoms with Crippen LogP contribution < -0.4 is 15.2 Å². The van der Waals surface area contributed by atoms with E-state index < -0.39 is 0 Å². The number of rotatable bonds is 5. The number of aromatic nitrogens is 5. The number of aryl methyl sites for hydroxylation is 1. The molecule has 1 aromatic carbocycles. The van der Waals surface area contributed by atoms with E-state index in [9.17, 15) is 0 Å². The van der Waals surface area contributed by atoms with Crippen molar-refractivity contribution in [1.82, 2.24) is 20.3 Å². The zero-order chi connectivity index (χ0) is 15.4. The van der Waals surface area contributed by atoms with E-state index in [0.29, 0.717) is 24.8 Å². The number of anilines is 1. The molecule has 0 bridgehead atoms. The molecule has 0 aliphatic carbocycles. The number of nitrogens with zero attached hydrogens (tertiary/aromatic N) is 4. The Kier molecular flexibility index (Phi) is 3.95. The number of ether oxygens (including phenoxy) is 1. The minimum absolute atomic E-state index is 0.396. The smallest absolute Gasteiger partial charge is 0.255 e. The Bertz CT molecular complexity index is 756. The summed E-state index contributed by atoms with van der Waals surface area (Å²) in [5, 5.41) is 7.11. The summed E-state index contributed by atoms with van der Waals surface area (Å²) in [6, 6.07) is 9.62. The minimum Gasteiger partial charge on any atom is -0.485 e. The van der Waals surface area contributed by atoms with Gasteiger partial charge in [-0.15, -0.1) is 0 Å². The lowest BCUT2D eigenvalue weighted by Crippen LogP contribution is -2.36. The lowest BCUT2D eigenvalue weighted by molar-refractivity contribution is -0.745. The third kappa shape index (κ3) is 3.38. The number of aromatic amines is 1. The molecule has 0 unspecified atom stereocenters. The summed E-state index contributed by atoms with van der Waals surface area (Å²) in [6.07, 6.45) is 3.61. The topological polar surface area (TPSA) is 93.6 Å². The zero-order valence-corrected chi connectivity index (χ0v) is 12.2. The van der Waals surface area contributed by atoms with E-state index in [4.69, 9.17) is 10.5 Å². The number of H-pyrrole nitrogens is 1. The molecular formula is C15H17N6O+. The normalized spacial score (nSPS) is 10.6. The predicted molar refractivity (Wildman–Crippen MR) is 79.8 cm³/mol. The number of benzene rings is 1. The maximum Gasteiger partial charge on any atom is 0.255 e. The number of hydrogen-bond acceptors (Lipinski definition) is 5. The quantitative estimate of drug-likeness (QED) is 0.685. The molecule has 0 saturated heterocycles. The average molecular weight is 297 g/mol. The molecule has 2 heterocycles. The largest absolute Gasteiger partial charge is 0.485 e. The van der Waals surface area contributed by atoms with E-state index in [2.05, 4.69) is 20.3 Å². The summed E-state index contributed by atoms with van der Waals surface area (Å²) < 4.78 is 7.46. The molecule has 3 N–H and O–H groups in total. The number of nitrogens with one attached hydrogen (secondary N) is 1. The summed E-state index contributed by atoms with van der Waals surface area (Å²) in [5.41, 5.74) is 7.53. The number of hydrogen-bond donors (Lipinski definition) is 2. The molecule has 7 heteroatoms. The summed E-state index contributed by atoms with van der Waals surface area (Å²) in [5.74, 6) is 1.96. The van der Waals surface area contributed by atoms with E-state index in [1.54, 1.807) is 6.20 Å². The molecule has 0 aliphatic heterocycles. The SMILES string of the molecule is Cc1ncc(C[n+]2cc(COc3ccccc3)n[nH]2)c(N)n1. The van der Waals surface area contributed by atoms with Crippen LogP contribution in [-0.2, 0) is 13.2 Å². The van der Waals surface area contributed by atoms with Crippen LogP contribution in [0.3, 0.4) is 0 Å². The van der Waals surface area contributed by atoms with Crippen LogP contribution in [0.4, 0.5) is 5.82 Å². The highest BCUT2D eigenvalue weighted by molar-refractivity contribution is 5.36. The van der Waals surface area contributed by atoms with Crippen LogP contribution in [0, 0.1) is 6.92 Å². The van der Waals surface area contributed by atoms with Crippen LogP contribution in [0.1, 0.15) is 17.1 Å². The molecule has 0 atom stereocenters. The number of nitrogen functional groups attached to an aromatic ring is 1. The predicted octanol–water partition coefficient (Wildman–Crippen LogP) is 1.01. The fourth-order valence-corrected chi connectivity index (χ4v) is 2.01. The number of nitrogens with two attached hydrogens (primary N) is 1. The summed E-state index contributed by atoms with van der Waals surface area (Å²) >= 11 is 0. The highest BCUT2D eigenvalue weighted by Crippen LogP contribution is 2.10. The lowest BCUT2D eigenvalue weighted by Gasteiger charge is -2.01. The van der Waals surface area contributed by atoms with Gasteiger partial charge in [-0.2, -0.15) is 4.68 Å². The maximum absolute atomic E-state index is 5.89. The average Bonchev–Trinajstić information content (AvgIpc) is 2.97. The summed E-state index contributed by atoms with van der Waals surface area (Å²) in [7, 11) is 0. The first kappa shape index (κ1) is 14.0. The van der Waals surface area contributed by atoms with Gasteiger partial charge >= 0.3 is 0 Å². The Hall–Kier alpha value is -2.96. The molecular weight excluding hydrogens is 280 g/mol. The van der Waals surface area contributed by atoms with Crippen molar-refractivity contribution in [2.24, 2.45) is 0 Å². The third-order valence-electron chi connectivity index (χ3n) is 3.12. The molecule has 0 saturated carbocycles. The monoisotopic (exact) mass is 297 g/mol. The molecule has 0 amide bonds. The first-order chi connectivity index (χ1) is 10.7. The first-order valence-electron chi connectivity index (χ1n) is 6.90. The molecule has 0 fully saturated rings. The van der Waals surface area contributed by atoms with Gasteiger partial charge in [-0.1, -0.05) is 23.4 Å². The standard InChI is InChI=1S/C15H16N6O/c1-11-17-7-12(15(16)18-11)8-21-9-13(19-20-21)10-22-14-5-3-2-4-6-14/h2-7,9H,8,10H2,1H3,(H2,16,17,18)/p+1. The fourth-order valence-electron chi connectivity index (χ4n) is 2.01. The molecule has 112 valence electrons. The fraction of sp³-hybridized carbons (Fsp3) is 0.200. The molecule has 0 spiro atoms. The van der Waals surface area contributed by atoms with Crippen molar-refractivity contribution >= 4 is 5.82 Å². The van der Waals surface area contributed by atoms with Crippen molar-refractivity contribution in [3.63, 3.8) is 0 Å². The first-order valence-corrected chi connectivity index (χ1v) is 6.90. The van der Waals surface area contributed by atoms with E-state index in [1.165, 1.54) is 0 Å². The molecule has 7 nitrogen and oxygen atoms in total. The molecule has 2 aromatic heterocycles. The van der Waals surface area contributed by atoms with Gasteiger partial charge in [0.2, 0.25) is 0 Å². The second kappa shape index (κ2) is 6.21. The van der Waals surface area contributed by atoms with Crippen LogP contribution in [0.2, 0.25) is 0 Å². The molecule has 3 rings (SSSR count).